The number of carboxylic acid groups (broad SMARTS) is 1. The summed E-state index contributed by atoms with van der Waals surface area (Å²) in [4.78, 5) is 35.6. The van der Waals surface area contributed by atoms with Gasteiger partial charge in [-0.1, -0.05) is 55.0 Å². The van der Waals surface area contributed by atoms with Crippen LogP contribution in [0, 0.1) is 5.92 Å². The number of carbonyl (C=O) groups excluding carboxylic acids is 2. The first kappa shape index (κ1) is 24.6. The van der Waals surface area contributed by atoms with E-state index in [1.54, 1.807) is 0 Å². The minimum atomic E-state index is -2.98. The number of nitrogens with one attached hydrogen (secondary N) is 2. The molecule has 3 N–H and O–H groups in total. The van der Waals surface area contributed by atoms with Gasteiger partial charge >= 0.3 is 12.1 Å². The molecule has 3 unspecified atom stereocenters. The van der Waals surface area contributed by atoms with Gasteiger partial charge in [-0.15, -0.1) is 0 Å². The van der Waals surface area contributed by atoms with Gasteiger partial charge in [0.25, 0.3) is 6.43 Å². The molecule has 0 saturated heterocycles. The lowest BCUT2D eigenvalue weighted by atomic mass is 9.98. The molecule has 0 aromatic heterocycles. The Labute approximate surface area is 201 Å². The summed E-state index contributed by atoms with van der Waals surface area (Å²) in [7, 11) is 0. The molecule has 9 heteroatoms. The van der Waals surface area contributed by atoms with E-state index in [9.17, 15) is 23.2 Å². The molecule has 2 aliphatic rings. The first-order chi connectivity index (χ1) is 16.8. The second-order valence-electron chi connectivity index (χ2n) is 9.08. The summed E-state index contributed by atoms with van der Waals surface area (Å²) < 4.78 is 31.6. The summed E-state index contributed by atoms with van der Waals surface area (Å²) >= 11 is 0. The van der Waals surface area contributed by atoms with Gasteiger partial charge in [0.15, 0.2) is 0 Å². The SMILES string of the molecule is O=C(O)CC(NC(=O)CC1CCCC1NC(=O)OCC1c2ccccc2-c2ccccc21)C(F)F. The lowest BCUT2D eigenvalue weighted by molar-refractivity contribution is -0.139. The lowest BCUT2D eigenvalue weighted by Crippen LogP contribution is -2.44. The van der Waals surface area contributed by atoms with E-state index < -0.39 is 36.9 Å². The molecule has 186 valence electrons. The molecule has 1 fully saturated rings. The molecular weight excluding hydrogens is 458 g/mol. The number of ether oxygens (including phenoxy) is 1. The number of hydrogen-bond acceptors (Lipinski definition) is 4. The molecule has 2 amide bonds. The molecule has 35 heavy (non-hydrogen) atoms. The Balaban J connectivity index is 1.31. The minimum absolute atomic E-state index is 0.0705. The molecule has 2 aliphatic carbocycles. The largest absolute Gasteiger partial charge is 0.481 e. The van der Waals surface area contributed by atoms with Gasteiger partial charge in [-0.2, -0.15) is 0 Å². The van der Waals surface area contributed by atoms with Crippen LogP contribution in [0.3, 0.4) is 0 Å². The van der Waals surface area contributed by atoms with Crippen LogP contribution in [0.5, 0.6) is 0 Å². The number of hydrogen-bond donors (Lipinski definition) is 3. The van der Waals surface area contributed by atoms with Gasteiger partial charge in [0.1, 0.15) is 12.6 Å². The Hall–Kier alpha value is -3.49. The maximum absolute atomic E-state index is 13.0. The molecule has 1 saturated carbocycles. The molecule has 0 spiro atoms. The van der Waals surface area contributed by atoms with E-state index in [0.717, 1.165) is 28.7 Å². The van der Waals surface area contributed by atoms with Crippen LogP contribution < -0.4 is 10.6 Å². The zero-order chi connectivity index (χ0) is 24.9. The van der Waals surface area contributed by atoms with Crippen LogP contribution in [-0.4, -0.2) is 48.2 Å². The highest BCUT2D eigenvalue weighted by atomic mass is 19.3. The van der Waals surface area contributed by atoms with Gasteiger partial charge in [0.2, 0.25) is 5.91 Å². The van der Waals surface area contributed by atoms with Crippen molar-refractivity contribution in [2.75, 3.05) is 6.61 Å². The predicted octanol–water partition coefficient (Wildman–Crippen LogP) is 4.31. The van der Waals surface area contributed by atoms with Crippen molar-refractivity contribution >= 4 is 18.0 Å². The van der Waals surface area contributed by atoms with Gasteiger partial charge < -0.3 is 20.5 Å². The first-order valence-electron chi connectivity index (χ1n) is 11.7. The quantitative estimate of drug-likeness (QED) is 0.490. The Morgan fingerprint density at radius 1 is 1.00 bits per heavy atom. The monoisotopic (exact) mass is 486 g/mol. The topological polar surface area (TPSA) is 105 Å². The summed E-state index contributed by atoms with van der Waals surface area (Å²) in [5.74, 6) is -2.37. The van der Waals surface area contributed by atoms with Crippen LogP contribution in [0.4, 0.5) is 13.6 Å². The average Bonchev–Trinajstić information content (AvgIpc) is 3.38. The van der Waals surface area contributed by atoms with Crippen LogP contribution >= 0.6 is 0 Å². The molecule has 2 aromatic rings. The number of carboxylic acids is 1. The zero-order valence-corrected chi connectivity index (χ0v) is 19.1. The Kier molecular flexibility index (Phi) is 7.63. The van der Waals surface area contributed by atoms with E-state index in [-0.39, 0.29) is 30.9 Å². The normalized spacial score (nSPS) is 19.6. The van der Waals surface area contributed by atoms with Crippen molar-refractivity contribution in [3.05, 3.63) is 59.7 Å². The van der Waals surface area contributed by atoms with Crippen molar-refractivity contribution in [2.45, 2.75) is 56.5 Å². The van der Waals surface area contributed by atoms with Gasteiger partial charge in [0.05, 0.1) is 6.42 Å². The van der Waals surface area contributed by atoms with Crippen LogP contribution in [0.15, 0.2) is 48.5 Å². The van der Waals surface area contributed by atoms with Crippen molar-refractivity contribution in [3.8, 4) is 11.1 Å². The number of amides is 2. The van der Waals surface area contributed by atoms with Crippen molar-refractivity contribution in [2.24, 2.45) is 5.92 Å². The number of carbonyl (C=O) groups is 3. The number of alkyl carbamates (subject to hydrolysis) is 1. The number of aliphatic carboxylic acids is 1. The van der Waals surface area contributed by atoms with Crippen LogP contribution in [0.2, 0.25) is 0 Å². The van der Waals surface area contributed by atoms with Crippen molar-refractivity contribution < 1.29 is 33.0 Å². The lowest BCUT2D eigenvalue weighted by Gasteiger charge is -2.23. The van der Waals surface area contributed by atoms with E-state index >= 15 is 0 Å². The number of benzene rings is 2. The summed E-state index contributed by atoms with van der Waals surface area (Å²) in [5, 5.41) is 13.7. The molecule has 2 aromatic carbocycles. The van der Waals surface area contributed by atoms with Crippen LogP contribution in [0.1, 0.15) is 49.1 Å². The van der Waals surface area contributed by atoms with Gasteiger partial charge in [-0.05, 0) is 41.0 Å². The van der Waals surface area contributed by atoms with Gasteiger partial charge in [-0.25, -0.2) is 13.6 Å². The second-order valence-corrected chi connectivity index (χ2v) is 9.08. The summed E-state index contributed by atoms with van der Waals surface area (Å²) in [6.07, 6.45) is -2.41. The van der Waals surface area contributed by atoms with E-state index in [2.05, 4.69) is 22.8 Å². The molecule has 3 atom stereocenters. The van der Waals surface area contributed by atoms with E-state index in [0.29, 0.717) is 12.8 Å². The zero-order valence-electron chi connectivity index (χ0n) is 19.1. The number of rotatable bonds is 9. The maximum Gasteiger partial charge on any atom is 0.407 e. The standard InChI is InChI=1S/C26H28F2N2O5/c27-25(28)22(13-24(32)33)29-23(31)12-15-6-5-11-21(15)30-26(34)35-14-20-18-9-3-1-7-16(18)17-8-2-4-10-19(17)20/h1-4,7-10,15,20-22,25H,5-6,11-14H2,(H,29,31)(H,30,34)(H,32,33). The fourth-order valence-corrected chi connectivity index (χ4v) is 5.16. The molecule has 0 aliphatic heterocycles. The average molecular weight is 487 g/mol. The van der Waals surface area contributed by atoms with Gasteiger partial charge in [-0.3, -0.25) is 9.59 Å². The van der Waals surface area contributed by atoms with Crippen LogP contribution in [0.25, 0.3) is 11.1 Å². The molecule has 0 radical (unpaired) electrons. The number of fused-ring (bicyclic) bond motifs is 3. The fourth-order valence-electron chi connectivity index (χ4n) is 5.16. The summed E-state index contributed by atoms with van der Waals surface area (Å²) in [6.45, 7) is 0.170. The van der Waals surface area contributed by atoms with E-state index in [1.807, 2.05) is 36.4 Å². The smallest absolute Gasteiger partial charge is 0.407 e. The predicted molar refractivity (Wildman–Crippen MR) is 124 cm³/mol. The molecule has 0 heterocycles. The third-order valence-electron chi connectivity index (χ3n) is 6.80. The molecule has 0 bridgehead atoms. The third kappa shape index (κ3) is 5.78. The Morgan fingerprint density at radius 2 is 1.63 bits per heavy atom. The van der Waals surface area contributed by atoms with Crippen LogP contribution in [-0.2, 0) is 14.3 Å². The third-order valence-corrected chi connectivity index (χ3v) is 6.80. The highest BCUT2D eigenvalue weighted by molar-refractivity contribution is 5.79. The number of halogens is 2. The second kappa shape index (κ2) is 10.8. The Bertz CT molecular complexity index is 1050. The first-order valence-corrected chi connectivity index (χ1v) is 11.7. The van der Waals surface area contributed by atoms with Crippen molar-refractivity contribution in [1.82, 2.24) is 10.6 Å². The maximum atomic E-state index is 13.0. The minimum Gasteiger partial charge on any atom is -0.481 e. The highest BCUT2D eigenvalue weighted by Crippen LogP contribution is 2.44. The summed E-state index contributed by atoms with van der Waals surface area (Å²) in [6, 6.07) is 14.0. The van der Waals surface area contributed by atoms with E-state index in [1.165, 1.54) is 0 Å². The highest BCUT2D eigenvalue weighted by Gasteiger charge is 2.34. The fraction of sp³-hybridized carbons (Fsp3) is 0.423. The van der Waals surface area contributed by atoms with Gasteiger partial charge in [0, 0.05) is 18.4 Å². The van der Waals surface area contributed by atoms with E-state index in [4.69, 9.17) is 9.84 Å². The van der Waals surface area contributed by atoms with Crippen molar-refractivity contribution in [3.63, 3.8) is 0 Å². The molecular formula is C26H28F2N2O5. The Morgan fingerprint density at radius 3 is 2.23 bits per heavy atom. The molecule has 7 nitrogen and oxygen atoms in total. The number of alkyl halides is 2. The summed E-state index contributed by atoms with van der Waals surface area (Å²) in [5.41, 5.74) is 4.46. The molecule has 4 rings (SSSR count). The van der Waals surface area contributed by atoms with Crippen molar-refractivity contribution in [1.29, 1.82) is 0 Å².